The van der Waals surface area contributed by atoms with E-state index in [0.717, 1.165) is 30.0 Å². The van der Waals surface area contributed by atoms with Gasteiger partial charge >= 0.3 is 0 Å². The van der Waals surface area contributed by atoms with Crippen molar-refractivity contribution >= 4 is 5.82 Å². The standard InChI is InChI=1S/C10H19N3/c1-7(2)5-6-13-10(11)8(3)9(4)12-13/h7H,5-6,11H2,1-4H3. The minimum Gasteiger partial charge on any atom is -0.384 e. The average molecular weight is 181 g/mol. The summed E-state index contributed by atoms with van der Waals surface area (Å²) in [4.78, 5) is 0. The first-order valence-electron chi connectivity index (χ1n) is 4.82. The van der Waals surface area contributed by atoms with E-state index in [0.29, 0.717) is 5.92 Å². The average Bonchev–Trinajstić information content (AvgIpc) is 2.29. The second-order valence-corrected chi connectivity index (χ2v) is 4.00. The molecule has 13 heavy (non-hydrogen) atoms. The van der Waals surface area contributed by atoms with Crippen LogP contribution < -0.4 is 5.73 Å². The zero-order valence-corrected chi connectivity index (χ0v) is 8.96. The molecule has 0 fully saturated rings. The maximum Gasteiger partial charge on any atom is 0.124 e. The molecule has 3 nitrogen and oxygen atoms in total. The third-order valence-electron chi connectivity index (χ3n) is 2.39. The lowest BCUT2D eigenvalue weighted by Crippen LogP contribution is -2.07. The highest BCUT2D eigenvalue weighted by Gasteiger charge is 2.07. The van der Waals surface area contributed by atoms with Crippen LogP contribution in [0.4, 0.5) is 5.82 Å². The SMILES string of the molecule is Cc1nn(CCC(C)C)c(N)c1C. The van der Waals surface area contributed by atoms with E-state index < -0.39 is 0 Å². The van der Waals surface area contributed by atoms with E-state index in [1.54, 1.807) is 0 Å². The zero-order valence-electron chi connectivity index (χ0n) is 8.96. The number of anilines is 1. The van der Waals surface area contributed by atoms with Crippen molar-refractivity contribution in [2.75, 3.05) is 5.73 Å². The number of hydrogen-bond donors (Lipinski definition) is 1. The number of nitrogen functional groups attached to an aromatic ring is 1. The normalized spacial score (nSPS) is 11.2. The van der Waals surface area contributed by atoms with Gasteiger partial charge in [-0.15, -0.1) is 0 Å². The van der Waals surface area contributed by atoms with Crippen molar-refractivity contribution in [2.45, 2.75) is 40.7 Å². The predicted molar refractivity (Wildman–Crippen MR) is 55.6 cm³/mol. The van der Waals surface area contributed by atoms with Gasteiger partial charge in [-0.3, -0.25) is 0 Å². The summed E-state index contributed by atoms with van der Waals surface area (Å²) in [6.45, 7) is 9.36. The van der Waals surface area contributed by atoms with Crippen LogP contribution in [-0.2, 0) is 6.54 Å². The summed E-state index contributed by atoms with van der Waals surface area (Å²) in [7, 11) is 0. The topological polar surface area (TPSA) is 43.8 Å². The summed E-state index contributed by atoms with van der Waals surface area (Å²) in [6, 6.07) is 0. The third kappa shape index (κ3) is 2.23. The van der Waals surface area contributed by atoms with Gasteiger partial charge in [-0.1, -0.05) is 13.8 Å². The van der Waals surface area contributed by atoms with Gasteiger partial charge in [0.15, 0.2) is 0 Å². The Morgan fingerprint density at radius 2 is 2.00 bits per heavy atom. The molecule has 1 heterocycles. The molecule has 3 heteroatoms. The van der Waals surface area contributed by atoms with Crippen molar-refractivity contribution in [3.05, 3.63) is 11.3 Å². The van der Waals surface area contributed by atoms with Gasteiger partial charge in [0.25, 0.3) is 0 Å². The summed E-state index contributed by atoms with van der Waals surface area (Å²) in [5.41, 5.74) is 8.05. The molecular weight excluding hydrogens is 162 g/mol. The van der Waals surface area contributed by atoms with E-state index in [-0.39, 0.29) is 0 Å². The fourth-order valence-corrected chi connectivity index (χ4v) is 1.24. The van der Waals surface area contributed by atoms with Crippen LogP contribution in [0, 0.1) is 19.8 Å². The van der Waals surface area contributed by atoms with Crippen LogP contribution in [0.15, 0.2) is 0 Å². The molecule has 0 aliphatic rings. The van der Waals surface area contributed by atoms with E-state index in [4.69, 9.17) is 5.73 Å². The second kappa shape index (κ2) is 3.81. The highest BCUT2D eigenvalue weighted by atomic mass is 15.3. The Labute approximate surface area is 79.9 Å². The van der Waals surface area contributed by atoms with E-state index >= 15 is 0 Å². The first-order valence-corrected chi connectivity index (χ1v) is 4.82. The minimum atomic E-state index is 0.698. The molecule has 0 unspecified atom stereocenters. The third-order valence-corrected chi connectivity index (χ3v) is 2.39. The van der Waals surface area contributed by atoms with E-state index in [2.05, 4.69) is 18.9 Å². The first-order chi connectivity index (χ1) is 6.02. The lowest BCUT2D eigenvalue weighted by molar-refractivity contribution is 0.490. The van der Waals surface area contributed by atoms with Gasteiger partial charge in [-0.25, -0.2) is 4.68 Å². The monoisotopic (exact) mass is 181 g/mol. The van der Waals surface area contributed by atoms with Crippen LogP contribution in [0.3, 0.4) is 0 Å². The quantitative estimate of drug-likeness (QED) is 0.776. The molecule has 1 aromatic heterocycles. The molecule has 0 aliphatic carbocycles. The van der Waals surface area contributed by atoms with Crippen LogP contribution in [0.2, 0.25) is 0 Å². The molecule has 0 amide bonds. The largest absolute Gasteiger partial charge is 0.384 e. The number of aromatic nitrogens is 2. The fraction of sp³-hybridized carbons (Fsp3) is 0.700. The molecule has 2 N–H and O–H groups in total. The van der Waals surface area contributed by atoms with Gasteiger partial charge in [-0.05, 0) is 26.2 Å². The number of nitrogens with zero attached hydrogens (tertiary/aromatic N) is 2. The number of nitrogens with two attached hydrogens (primary N) is 1. The summed E-state index contributed by atoms with van der Waals surface area (Å²) < 4.78 is 1.91. The van der Waals surface area contributed by atoms with Crippen molar-refractivity contribution in [3.63, 3.8) is 0 Å². The van der Waals surface area contributed by atoms with E-state index in [1.807, 2.05) is 18.5 Å². The summed E-state index contributed by atoms with van der Waals surface area (Å²) >= 11 is 0. The van der Waals surface area contributed by atoms with Gasteiger partial charge in [-0.2, -0.15) is 5.10 Å². The van der Waals surface area contributed by atoms with E-state index in [1.165, 1.54) is 0 Å². The van der Waals surface area contributed by atoms with Gasteiger partial charge in [0.1, 0.15) is 5.82 Å². The Balaban J connectivity index is 2.72. The number of rotatable bonds is 3. The molecule has 74 valence electrons. The zero-order chi connectivity index (χ0) is 10.0. The first kappa shape index (κ1) is 10.1. The Hall–Kier alpha value is -0.990. The van der Waals surface area contributed by atoms with Crippen molar-refractivity contribution in [3.8, 4) is 0 Å². The summed E-state index contributed by atoms with van der Waals surface area (Å²) in [6.07, 6.45) is 1.13. The molecule has 0 radical (unpaired) electrons. The lowest BCUT2D eigenvalue weighted by Gasteiger charge is -2.06. The van der Waals surface area contributed by atoms with Crippen molar-refractivity contribution in [2.24, 2.45) is 5.92 Å². The molecule has 1 rings (SSSR count). The van der Waals surface area contributed by atoms with Gasteiger partial charge < -0.3 is 5.73 Å². The van der Waals surface area contributed by atoms with Gasteiger partial charge in [0.2, 0.25) is 0 Å². The molecule has 0 bridgehead atoms. The molecule has 1 aromatic rings. The van der Waals surface area contributed by atoms with Crippen molar-refractivity contribution in [1.82, 2.24) is 9.78 Å². The van der Waals surface area contributed by atoms with Crippen molar-refractivity contribution < 1.29 is 0 Å². The summed E-state index contributed by atoms with van der Waals surface area (Å²) in [5, 5.41) is 4.37. The Morgan fingerprint density at radius 3 is 2.38 bits per heavy atom. The molecular formula is C10H19N3. The molecule has 0 aromatic carbocycles. The predicted octanol–water partition coefficient (Wildman–Crippen LogP) is 2.13. The highest BCUT2D eigenvalue weighted by Crippen LogP contribution is 2.15. The molecule has 0 spiro atoms. The van der Waals surface area contributed by atoms with Crippen LogP contribution in [0.5, 0.6) is 0 Å². The highest BCUT2D eigenvalue weighted by molar-refractivity contribution is 5.41. The van der Waals surface area contributed by atoms with Gasteiger partial charge in [0.05, 0.1) is 5.69 Å². The fourth-order valence-electron chi connectivity index (χ4n) is 1.24. The van der Waals surface area contributed by atoms with Crippen LogP contribution in [-0.4, -0.2) is 9.78 Å². The maximum absolute atomic E-state index is 5.89. The second-order valence-electron chi connectivity index (χ2n) is 4.00. The van der Waals surface area contributed by atoms with E-state index in [9.17, 15) is 0 Å². The number of hydrogen-bond acceptors (Lipinski definition) is 2. The van der Waals surface area contributed by atoms with Crippen LogP contribution in [0.1, 0.15) is 31.5 Å². The van der Waals surface area contributed by atoms with Crippen LogP contribution >= 0.6 is 0 Å². The molecule has 0 aliphatic heterocycles. The Morgan fingerprint density at radius 1 is 1.38 bits per heavy atom. The molecule has 0 atom stereocenters. The Kier molecular flexibility index (Phi) is 2.96. The minimum absolute atomic E-state index is 0.698. The lowest BCUT2D eigenvalue weighted by atomic mass is 10.1. The maximum atomic E-state index is 5.89. The van der Waals surface area contributed by atoms with Crippen molar-refractivity contribution in [1.29, 1.82) is 0 Å². The number of aryl methyl sites for hydroxylation is 2. The van der Waals surface area contributed by atoms with Gasteiger partial charge in [0, 0.05) is 12.1 Å². The molecule has 0 saturated carbocycles. The Bertz CT molecular complexity index is 287. The smallest absolute Gasteiger partial charge is 0.124 e. The van der Waals surface area contributed by atoms with Crippen LogP contribution in [0.25, 0.3) is 0 Å². The molecule has 0 saturated heterocycles. The summed E-state index contributed by atoms with van der Waals surface area (Å²) in [5.74, 6) is 1.52.